The van der Waals surface area contributed by atoms with E-state index in [0.29, 0.717) is 25.0 Å². The number of carbonyl (C=O) groups is 2. The predicted octanol–water partition coefficient (Wildman–Crippen LogP) is 0.416. The summed E-state index contributed by atoms with van der Waals surface area (Å²) in [5.74, 6) is -1.16. The Morgan fingerprint density at radius 1 is 1.43 bits per heavy atom. The fraction of sp³-hybridized carbons (Fsp3) is 0.462. The molecule has 0 saturated heterocycles. The van der Waals surface area contributed by atoms with Crippen molar-refractivity contribution >= 4 is 17.7 Å². The minimum absolute atomic E-state index is 0.0515. The Morgan fingerprint density at radius 3 is 2.90 bits per heavy atom. The van der Waals surface area contributed by atoms with Crippen LogP contribution < -0.4 is 5.32 Å². The highest BCUT2D eigenvalue weighted by Gasteiger charge is 2.31. The zero-order valence-electron chi connectivity index (χ0n) is 11.5. The Hall–Kier alpha value is -2.51. The SMILES string of the molecule is Cc1ccnc2nc(C(=O)NC3CCC(C(=O)O)C3)nn12. The summed E-state index contributed by atoms with van der Waals surface area (Å²) < 4.78 is 1.50. The number of hydrogen-bond acceptors (Lipinski definition) is 5. The minimum Gasteiger partial charge on any atom is -0.481 e. The third kappa shape index (κ3) is 2.56. The van der Waals surface area contributed by atoms with Gasteiger partial charge >= 0.3 is 5.97 Å². The Labute approximate surface area is 120 Å². The van der Waals surface area contributed by atoms with Crippen molar-refractivity contribution in [3.8, 4) is 0 Å². The van der Waals surface area contributed by atoms with Crippen LogP contribution in [0.15, 0.2) is 12.3 Å². The van der Waals surface area contributed by atoms with Crippen LogP contribution in [0.1, 0.15) is 35.6 Å². The van der Waals surface area contributed by atoms with Gasteiger partial charge in [0.2, 0.25) is 5.82 Å². The van der Waals surface area contributed by atoms with Gasteiger partial charge in [-0.15, -0.1) is 5.10 Å². The summed E-state index contributed by atoms with van der Waals surface area (Å²) in [6, 6.07) is 1.64. The number of hydrogen-bond donors (Lipinski definition) is 2. The van der Waals surface area contributed by atoms with Gasteiger partial charge in [-0.3, -0.25) is 9.59 Å². The number of aliphatic carboxylic acids is 1. The Kier molecular flexibility index (Phi) is 3.28. The minimum atomic E-state index is -0.808. The molecule has 1 aliphatic rings. The van der Waals surface area contributed by atoms with Crippen LogP contribution >= 0.6 is 0 Å². The zero-order chi connectivity index (χ0) is 15.0. The highest BCUT2D eigenvalue weighted by atomic mass is 16.4. The quantitative estimate of drug-likeness (QED) is 0.847. The summed E-state index contributed by atoms with van der Waals surface area (Å²) in [5, 5.41) is 15.9. The van der Waals surface area contributed by atoms with Gasteiger partial charge in [0.15, 0.2) is 0 Å². The summed E-state index contributed by atoms with van der Waals surface area (Å²) in [7, 11) is 0. The van der Waals surface area contributed by atoms with Crippen molar-refractivity contribution in [2.75, 3.05) is 0 Å². The first-order valence-corrected chi connectivity index (χ1v) is 6.76. The Morgan fingerprint density at radius 2 is 2.24 bits per heavy atom. The summed E-state index contributed by atoms with van der Waals surface area (Å²) in [5.41, 5.74) is 0.832. The molecular weight excluding hydrogens is 274 g/mol. The number of carboxylic acid groups (broad SMARTS) is 1. The standard InChI is InChI=1S/C13H15N5O3/c1-7-4-5-14-13-16-10(17-18(7)13)11(19)15-9-3-2-8(6-9)12(20)21/h4-5,8-9H,2-3,6H2,1H3,(H,15,19)(H,20,21). The van der Waals surface area contributed by atoms with Crippen LogP contribution in [0.3, 0.4) is 0 Å². The molecule has 1 fully saturated rings. The maximum atomic E-state index is 12.1. The van der Waals surface area contributed by atoms with Crippen molar-refractivity contribution in [3.05, 3.63) is 23.8 Å². The predicted molar refractivity (Wildman–Crippen MR) is 71.8 cm³/mol. The number of nitrogens with zero attached hydrogens (tertiary/aromatic N) is 4. The molecular formula is C13H15N5O3. The number of carbonyl (C=O) groups excluding carboxylic acids is 1. The molecule has 2 atom stereocenters. The average molecular weight is 289 g/mol. The molecule has 110 valence electrons. The van der Waals surface area contributed by atoms with E-state index in [9.17, 15) is 9.59 Å². The van der Waals surface area contributed by atoms with Gasteiger partial charge in [-0.25, -0.2) is 9.50 Å². The van der Waals surface area contributed by atoms with E-state index < -0.39 is 11.9 Å². The van der Waals surface area contributed by atoms with Gasteiger partial charge in [-0.2, -0.15) is 4.98 Å². The highest BCUT2D eigenvalue weighted by Crippen LogP contribution is 2.25. The first-order valence-electron chi connectivity index (χ1n) is 6.76. The van der Waals surface area contributed by atoms with E-state index in [2.05, 4.69) is 20.4 Å². The molecule has 2 unspecified atom stereocenters. The number of nitrogens with one attached hydrogen (secondary N) is 1. The maximum absolute atomic E-state index is 12.1. The van der Waals surface area contributed by atoms with Gasteiger partial charge in [0.05, 0.1) is 5.92 Å². The zero-order valence-corrected chi connectivity index (χ0v) is 11.5. The topological polar surface area (TPSA) is 109 Å². The smallest absolute Gasteiger partial charge is 0.306 e. The normalized spacial score (nSPS) is 21.6. The molecule has 1 amide bonds. The number of aryl methyl sites for hydroxylation is 1. The number of rotatable bonds is 3. The van der Waals surface area contributed by atoms with Gasteiger partial charge in [0, 0.05) is 17.9 Å². The van der Waals surface area contributed by atoms with E-state index in [1.807, 2.05) is 6.92 Å². The van der Waals surface area contributed by atoms with Crippen molar-refractivity contribution in [2.45, 2.75) is 32.2 Å². The molecule has 8 heteroatoms. The molecule has 8 nitrogen and oxygen atoms in total. The van der Waals surface area contributed by atoms with Gasteiger partial charge in [0.1, 0.15) is 0 Å². The maximum Gasteiger partial charge on any atom is 0.306 e. The Balaban J connectivity index is 1.73. The van der Waals surface area contributed by atoms with Crippen molar-refractivity contribution in [1.82, 2.24) is 24.9 Å². The fourth-order valence-electron chi connectivity index (χ4n) is 2.59. The van der Waals surface area contributed by atoms with Gasteiger partial charge in [0.25, 0.3) is 11.7 Å². The fourth-order valence-corrected chi connectivity index (χ4v) is 2.59. The molecule has 0 spiro atoms. The van der Waals surface area contributed by atoms with E-state index in [4.69, 9.17) is 5.11 Å². The first-order chi connectivity index (χ1) is 10.0. The lowest BCUT2D eigenvalue weighted by Crippen LogP contribution is -2.34. The molecule has 2 aromatic rings. The van der Waals surface area contributed by atoms with Crippen molar-refractivity contribution < 1.29 is 14.7 Å². The summed E-state index contributed by atoms with van der Waals surface area (Å²) >= 11 is 0. The first kappa shape index (κ1) is 13.5. The van der Waals surface area contributed by atoms with E-state index in [1.54, 1.807) is 12.3 Å². The van der Waals surface area contributed by atoms with E-state index in [0.717, 1.165) is 5.69 Å². The van der Waals surface area contributed by atoms with Crippen LogP contribution in [0.25, 0.3) is 5.78 Å². The average Bonchev–Trinajstić information content (AvgIpc) is 3.05. The molecule has 0 aliphatic heterocycles. The third-order valence-corrected chi connectivity index (χ3v) is 3.75. The molecule has 0 bridgehead atoms. The van der Waals surface area contributed by atoms with Crippen molar-refractivity contribution in [3.63, 3.8) is 0 Å². The molecule has 3 rings (SSSR count). The molecule has 21 heavy (non-hydrogen) atoms. The van der Waals surface area contributed by atoms with Crippen LogP contribution in [0.2, 0.25) is 0 Å². The van der Waals surface area contributed by atoms with Crippen molar-refractivity contribution in [1.29, 1.82) is 0 Å². The van der Waals surface area contributed by atoms with Gasteiger partial charge in [-0.1, -0.05) is 0 Å². The van der Waals surface area contributed by atoms with E-state index >= 15 is 0 Å². The second kappa shape index (κ2) is 5.12. The number of amides is 1. The van der Waals surface area contributed by atoms with Crippen LogP contribution in [0.4, 0.5) is 0 Å². The summed E-state index contributed by atoms with van der Waals surface area (Å²) in [4.78, 5) is 31.2. The lowest BCUT2D eigenvalue weighted by molar-refractivity contribution is -0.141. The highest BCUT2D eigenvalue weighted by molar-refractivity contribution is 5.91. The van der Waals surface area contributed by atoms with Crippen LogP contribution in [-0.4, -0.2) is 42.6 Å². The monoisotopic (exact) mass is 289 g/mol. The molecule has 2 N–H and O–H groups in total. The largest absolute Gasteiger partial charge is 0.481 e. The summed E-state index contributed by atoms with van der Waals surface area (Å²) in [6.45, 7) is 1.85. The van der Waals surface area contributed by atoms with Gasteiger partial charge in [-0.05, 0) is 32.3 Å². The van der Waals surface area contributed by atoms with Crippen molar-refractivity contribution in [2.24, 2.45) is 5.92 Å². The molecule has 0 radical (unpaired) electrons. The number of fused-ring (bicyclic) bond motifs is 1. The lowest BCUT2D eigenvalue weighted by atomic mass is 10.1. The summed E-state index contributed by atoms with van der Waals surface area (Å²) in [6.07, 6.45) is 3.30. The number of carboxylic acids is 1. The van der Waals surface area contributed by atoms with E-state index in [1.165, 1.54) is 4.52 Å². The van der Waals surface area contributed by atoms with Crippen LogP contribution in [0.5, 0.6) is 0 Å². The molecule has 1 saturated carbocycles. The second-order valence-electron chi connectivity index (χ2n) is 5.25. The molecule has 2 heterocycles. The lowest BCUT2D eigenvalue weighted by Gasteiger charge is -2.10. The molecule has 1 aliphatic carbocycles. The molecule has 2 aromatic heterocycles. The second-order valence-corrected chi connectivity index (χ2v) is 5.25. The number of aromatic nitrogens is 4. The van der Waals surface area contributed by atoms with Gasteiger partial charge < -0.3 is 10.4 Å². The molecule has 0 aromatic carbocycles. The van der Waals surface area contributed by atoms with E-state index in [-0.39, 0.29) is 17.8 Å². The third-order valence-electron chi connectivity index (χ3n) is 3.75. The van der Waals surface area contributed by atoms with Crippen LogP contribution in [-0.2, 0) is 4.79 Å². The Bertz CT molecular complexity index is 711. The van der Waals surface area contributed by atoms with Crippen LogP contribution in [0, 0.1) is 12.8 Å².